The van der Waals surface area contributed by atoms with Crippen molar-refractivity contribution in [3.8, 4) is 0 Å². The van der Waals surface area contributed by atoms with Crippen molar-refractivity contribution >= 4 is 5.91 Å². The van der Waals surface area contributed by atoms with Crippen molar-refractivity contribution in [2.24, 2.45) is 5.92 Å². The summed E-state index contributed by atoms with van der Waals surface area (Å²) in [5.74, 6) is 1.88. The van der Waals surface area contributed by atoms with Gasteiger partial charge in [-0.25, -0.2) is 0 Å². The molecule has 22 heavy (non-hydrogen) atoms. The van der Waals surface area contributed by atoms with E-state index in [2.05, 4.69) is 10.1 Å². The van der Waals surface area contributed by atoms with E-state index in [9.17, 15) is 4.79 Å². The lowest BCUT2D eigenvalue weighted by atomic mass is 9.91. The molecule has 1 amide bonds. The van der Waals surface area contributed by atoms with Gasteiger partial charge in [0.2, 0.25) is 0 Å². The Bertz CT molecular complexity index is 666. The Labute approximate surface area is 127 Å². The summed E-state index contributed by atoms with van der Waals surface area (Å²) in [6.45, 7) is 3.09. The van der Waals surface area contributed by atoms with Gasteiger partial charge in [-0.3, -0.25) is 4.79 Å². The van der Waals surface area contributed by atoms with Crippen LogP contribution in [0.3, 0.4) is 0 Å². The van der Waals surface area contributed by atoms with Crippen LogP contribution in [0.4, 0.5) is 0 Å². The molecule has 0 N–H and O–H groups in total. The standard InChI is InChI=1S/C15H17N3O4/c1-9-16-14(22-17-9)12-7-10-4-5-18(8-13(10)21-12)15(19)11-3-2-6-20-11/h2-3,6,10,12-13H,4-5,7-8H2,1H3/t10-,12+,13+/m1/s1. The van der Waals surface area contributed by atoms with Crippen molar-refractivity contribution < 1.29 is 18.5 Å². The first-order valence-corrected chi connectivity index (χ1v) is 7.49. The number of rotatable bonds is 2. The van der Waals surface area contributed by atoms with E-state index in [1.165, 1.54) is 6.26 Å². The fourth-order valence-corrected chi connectivity index (χ4v) is 3.27. The third-order valence-electron chi connectivity index (χ3n) is 4.39. The summed E-state index contributed by atoms with van der Waals surface area (Å²) in [5, 5.41) is 3.81. The highest BCUT2D eigenvalue weighted by molar-refractivity contribution is 5.91. The molecule has 4 rings (SSSR count). The minimum atomic E-state index is -0.158. The normalized spacial score (nSPS) is 27.9. The van der Waals surface area contributed by atoms with E-state index in [-0.39, 0.29) is 18.1 Å². The molecule has 3 atom stereocenters. The number of hydrogen-bond donors (Lipinski definition) is 0. The summed E-state index contributed by atoms with van der Waals surface area (Å²) < 4.78 is 16.4. The first-order valence-electron chi connectivity index (χ1n) is 7.49. The Morgan fingerprint density at radius 1 is 1.45 bits per heavy atom. The lowest BCUT2D eigenvalue weighted by Crippen LogP contribution is -2.45. The summed E-state index contributed by atoms with van der Waals surface area (Å²) in [4.78, 5) is 18.4. The fourth-order valence-electron chi connectivity index (χ4n) is 3.27. The van der Waals surface area contributed by atoms with Crippen LogP contribution >= 0.6 is 0 Å². The van der Waals surface area contributed by atoms with E-state index >= 15 is 0 Å². The quantitative estimate of drug-likeness (QED) is 0.843. The number of fused-ring (bicyclic) bond motifs is 1. The predicted molar refractivity (Wildman–Crippen MR) is 74.0 cm³/mol. The number of carbonyl (C=O) groups is 1. The number of aryl methyl sites for hydroxylation is 1. The number of ether oxygens (including phenoxy) is 1. The van der Waals surface area contributed by atoms with Crippen LogP contribution in [0.1, 0.15) is 41.2 Å². The van der Waals surface area contributed by atoms with Crippen molar-refractivity contribution in [1.82, 2.24) is 15.0 Å². The summed E-state index contributed by atoms with van der Waals surface area (Å²) in [7, 11) is 0. The van der Waals surface area contributed by atoms with Crippen LogP contribution in [-0.2, 0) is 4.74 Å². The molecule has 2 fully saturated rings. The predicted octanol–water partition coefficient (Wildman–Crippen LogP) is 1.96. The van der Waals surface area contributed by atoms with Gasteiger partial charge in [-0.2, -0.15) is 4.98 Å². The molecular formula is C15H17N3O4. The molecule has 2 aliphatic heterocycles. The first kappa shape index (κ1) is 13.5. The SMILES string of the molecule is Cc1noc([C@@H]2C[C@H]3CCN(C(=O)c4ccco4)C[C@@H]3O2)n1. The van der Waals surface area contributed by atoms with Crippen LogP contribution in [0.2, 0.25) is 0 Å². The number of aromatic nitrogens is 2. The average molecular weight is 303 g/mol. The second-order valence-corrected chi connectivity index (χ2v) is 5.86. The number of hydrogen-bond acceptors (Lipinski definition) is 6. The summed E-state index contributed by atoms with van der Waals surface area (Å²) in [6, 6.07) is 3.41. The van der Waals surface area contributed by atoms with Crippen molar-refractivity contribution in [2.75, 3.05) is 13.1 Å². The molecular weight excluding hydrogens is 286 g/mol. The molecule has 0 spiro atoms. The Hall–Kier alpha value is -2.15. The van der Waals surface area contributed by atoms with Crippen molar-refractivity contribution in [3.05, 3.63) is 35.9 Å². The molecule has 0 aliphatic carbocycles. The number of nitrogens with zero attached hydrogens (tertiary/aromatic N) is 3. The molecule has 7 nitrogen and oxygen atoms in total. The highest BCUT2D eigenvalue weighted by atomic mass is 16.5. The van der Waals surface area contributed by atoms with Crippen LogP contribution in [0.5, 0.6) is 0 Å². The van der Waals surface area contributed by atoms with Crippen molar-refractivity contribution in [1.29, 1.82) is 0 Å². The van der Waals surface area contributed by atoms with Gasteiger partial charge in [0.15, 0.2) is 11.6 Å². The minimum absolute atomic E-state index is 0.0184. The van der Waals surface area contributed by atoms with Gasteiger partial charge in [0.1, 0.15) is 6.10 Å². The molecule has 2 aromatic heterocycles. The van der Waals surface area contributed by atoms with Crippen LogP contribution in [0.25, 0.3) is 0 Å². The van der Waals surface area contributed by atoms with Crippen molar-refractivity contribution in [3.63, 3.8) is 0 Å². The topological polar surface area (TPSA) is 81.6 Å². The number of amides is 1. The molecule has 7 heteroatoms. The lowest BCUT2D eigenvalue weighted by molar-refractivity contribution is -0.0143. The van der Waals surface area contributed by atoms with Crippen LogP contribution < -0.4 is 0 Å². The van der Waals surface area contributed by atoms with Gasteiger partial charge < -0.3 is 18.6 Å². The van der Waals surface area contributed by atoms with E-state index in [1.807, 2.05) is 0 Å². The molecule has 0 aromatic carbocycles. The first-order chi connectivity index (χ1) is 10.7. The maximum atomic E-state index is 12.3. The van der Waals surface area contributed by atoms with Gasteiger partial charge in [0.25, 0.3) is 11.8 Å². The van der Waals surface area contributed by atoms with Gasteiger partial charge >= 0.3 is 0 Å². The third kappa shape index (κ3) is 2.31. The summed E-state index contributed by atoms with van der Waals surface area (Å²) in [5.41, 5.74) is 0. The molecule has 2 saturated heterocycles. The van der Waals surface area contributed by atoms with E-state index in [0.717, 1.165) is 19.4 Å². The number of furan rings is 1. The zero-order chi connectivity index (χ0) is 15.1. The smallest absolute Gasteiger partial charge is 0.289 e. The Kier molecular flexibility index (Phi) is 3.22. The number of carbonyl (C=O) groups excluding carboxylic acids is 1. The molecule has 0 bridgehead atoms. The second kappa shape index (κ2) is 5.24. The van der Waals surface area contributed by atoms with E-state index in [1.54, 1.807) is 24.0 Å². The third-order valence-corrected chi connectivity index (χ3v) is 4.39. The molecule has 2 aliphatic rings. The molecule has 0 saturated carbocycles. The van der Waals surface area contributed by atoms with Gasteiger partial charge in [0.05, 0.1) is 12.4 Å². The fraction of sp³-hybridized carbons (Fsp3) is 0.533. The summed E-state index contributed by atoms with van der Waals surface area (Å²) in [6.07, 6.45) is 3.16. The lowest BCUT2D eigenvalue weighted by Gasteiger charge is -2.33. The van der Waals surface area contributed by atoms with Gasteiger partial charge in [-0.15, -0.1) is 0 Å². The van der Waals surface area contributed by atoms with Crippen LogP contribution in [0, 0.1) is 12.8 Å². The van der Waals surface area contributed by atoms with E-state index < -0.39 is 0 Å². The van der Waals surface area contributed by atoms with Gasteiger partial charge in [0, 0.05) is 13.1 Å². The maximum absolute atomic E-state index is 12.3. The largest absolute Gasteiger partial charge is 0.459 e. The van der Waals surface area contributed by atoms with Gasteiger partial charge in [-0.1, -0.05) is 5.16 Å². The molecule has 4 heterocycles. The highest BCUT2D eigenvalue weighted by Crippen LogP contribution is 2.40. The van der Waals surface area contributed by atoms with Crippen molar-refractivity contribution in [2.45, 2.75) is 32.0 Å². The minimum Gasteiger partial charge on any atom is -0.459 e. The van der Waals surface area contributed by atoms with E-state index in [4.69, 9.17) is 13.7 Å². The van der Waals surface area contributed by atoms with Crippen LogP contribution in [-0.4, -0.2) is 40.1 Å². The zero-order valence-corrected chi connectivity index (χ0v) is 12.3. The molecule has 0 radical (unpaired) electrons. The summed E-state index contributed by atoms with van der Waals surface area (Å²) >= 11 is 0. The zero-order valence-electron chi connectivity index (χ0n) is 12.3. The Balaban J connectivity index is 1.44. The maximum Gasteiger partial charge on any atom is 0.289 e. The van der Waals surface area contributed by atoms with Gasteiger partial charge in [-0.05, 0) is 37.8 Å². The number of likely N-dealkylation sites (tertiary alicyclic amines) is 1. The molecule has 0 unspecified atom stereocenters. The number of piperidine rings is 1. The molecule has 2 aromatic rings. The second-order valence-electron chi connectivity index (χ2n) is 5.86. The monoisotopic (exact) mass is 303 g/mol. The Morgan fingerprint density at radius 3 is 3.09 bits per heavy atom. The average Bonchev–Trinajstić information content (AvgIpc) is 3.25. The highest BCUT2D eigenvalue weighted by Gasteiger charge is 2.42. The Morgan fingerprint density at radius 2 is 2.36 bits per heavy atom. The van der Waals surface area contributed by atoms with E-state index in [0.29, 0.717) is 29.9 Å². The molecule has 116 valence electrons. The van der Waals surface area contributed by atoms with Crippen LogP contribution in [0.15, 0.2) is 27.3 Å².